The molecule has 4 nitrogen and oxygen atoms in total. The average molecular weight is 182 g/mol. The maximum atomic E-state index is 8.80. The van der Waals surface area contributed by atoms with Gasteiger partial charge in [-0.25, -0.2) is 0 Å². The van der Waals surface area contributed by atoms with E-state index in [0.717, 1.165) is 0 Å². The summed E-state index contributed by atoms with van der Waals surface area (Å²) >= 11 is 0. The van der Waals surface area contributed by atoms with Gasteiger partial charge in [0.2, 0.25) is 0 Å². The van der Waals surface area contributed by atoms with Crippen LogP contribution in [0.5, 0.6) is 0 Å². The third-order valence-electron chi connectivity index (χ3n) is 1.71. The minimum atomic E-state index is -0.154. The summed E-state index contributed by atoms with van der Waals surface area (Å²) in [7, 11) is 1.80. The first kappa shape index (κ1) is 9.58. The molecule has 0 aliphatic rings. The van der Waals surface area contributed by atoms with Gasteiger partial charge >= 0.3 is 0 Å². The molecule has 14 heavy (non-hydrogen) atoms. The summed E-state index contributed by atoms with van der Waals surface area (Å²) in [5.74, 6) is 0. The fraction of sp³-hybridized carbons (Fsp3) is 0.100. The van der Waals surface area contributed by atoms with Crippen molar-refractivity contribution in [2.45, 2.75) is 0 Å². The SMILES string of the molecule is Cn1ccc(C(C#N)=C(C#N)C#N)c1. The zero-order chi connectivity index (χ0) is 10.6. The molecule has 1 heterocycles. The summed E-state index contributed by atoms with van der Waals surface area (Å²) in [5, 5.41) is 26.0. The molecule has 0 radical (unpaired) electrons. The molecule has 0 N–H and O–H groups in total. The molecular weight excluding hydrogens is 176 g/mol. The van der Waals surface area contributed by atoms with E-state index in [-0.39, 0.29) is 11.1 Å². The molecule has 0 saturated heterocycles. The molecule has 0 amide bonds. The summed E-state index contributed by atoms with van der Waals surface area (Å²) in [6.45, 7) is 0. The predicted molar refractivity (Wildman–Crippen MR) is 49.2 cm³/mol. The Bertz CT molecular complexity index is 483. The van der Waals surface area contributed by atoms with E-state index < -0.39 is 0 Å². The zero-order valence-electron chi connectivity index (χ0n) is 7.52. The van der Waals surface area contributed by atoms with E-state index in [0.29, 0.717) is 5.56 Å². The van der Waals surface area contributed by atoms with Gasteiger partial charge in [0.25, 0.3) is 0 Å². The standard InChI is InChI=1S/C10H6N4/c1-14-3-2-8(7-14)10(6-13)9(4-11)5-12/h2-3,7H,1H3. The monoisotopic (exact) mass is 182 g/mol. The van der Waals surface area contributed by atoms with Crippen LogP contribution in [-0.2, 0) is 7.05 Å². The second-order valence-electron chi connectivity index (χ2n) is 2.65. The molecule has 1 rings (SSSR count). The number of hydrogen-bond acceptors (Lipinski definition) is 3. The first-order chi connectivity index (χ1) is 6.72. The number of aryl methyl sites for hydroxylation is 1. The predicted octanol–water partition coefficient (Wildman–Crippen LogP) is 1.35. The highest BCUT2D eigenvalue weighted by atomic mass is 14.9. The molecule has 0 aliphatic heterocycles. The minimum Gasteiger partial charge on any atom is -0.357 e. The first-order valence-electron chi connectivity index (χ1n) is 3.80. The van der Waals surface area contributed by atoms with Gasteiger partial charge in [0, 0.05) is 25.0 Å². The second-order valence-corrected chi connectivity index (χ2v) is 2.65. The van der Waals surface area contributed by atoms with Crippen LogP contribution in [0.2, 0.25) is 0 Å². The average Bonchev–Trinajstić information content (AvgIpc) is 2.60. The molecule has 0 atom stereocenters. The van der Waals surface area contributed by atoms with Crippen LogP contribution < -0.4 is 0 Å². The Morgan fingerprint density at radius 2 is 1.86 bits per heavy atom. The molecular formula is C10H6N4. The van der Waals surface area contributed by atoms with Crippen LogP contribution >= 0.6 is 0 Å². The molecule has 0 unspecified atom stereocenters. The number of nitrogens with zero attached hydrogens (tertiary/aromatic N) is 4. The van der Waals surface area contributed by atoms with E-state index in [1.54, 1.807) is 42.2 Å². The van der Waals surface area contributed by atoms with Crippen molar-refractivity contribution in [2.24, 2.45) is 7.05 Å². The van der Waals surface area contributed by atoms with Crippen LogP contribution in [0.25, 0.3) is 5.57 Å². The van der Waals surface area contributed by atoms with Crippen LogP contribution in [0.15, 0.2) is 24.0 Å². The van der Waals surface area contributed by atoms with Gasteiger partial charge in [0.05, 0.1) is 5.57 Å². The lowest BCUT2D eigenvalue weighted by atomic mass is 10.1. The lowest BCUT2D eigenvalue weighted by Gasteiger charge is -1.92. The van der Waals surface area contributed by atoms with Crippen molar-refractivity contribution < 1.29 is 0 Å². The topological polar surface area (TPSA) is 76.3 Å². The Hall–Kier alpha value is -2.51. The highest BCUT2D eigenvalue weighted by Crippen LogP contribution is 2.17. The Morgan fingerprint density at radius 3 is 2.21 bits per heavy atom. The minimum absolute atomic E-state index is 0.121. The van der Waals surface area contributed by atoms with Crippen molar-refractivity contribution in [1.29, 1.82) is 15.8 Å². The fourth-order valence-electron chi connectivity index (χ4n) is 1.05. The molecule has 0 aliphatic carbocycles. The van der Waals surface area contributed by atoms with Crippen molar-refractivity contribution in [1.82, 2.24) is 4.57 Å². The number of nitriles is 3. The first-order valence-corrected chi connectivity index (χ1v) is 3.80. The van der Waals surface area contributed by atoms with Gasteiger partial charge in [-0.3, -0.25) is 0 Å². The molecule has 1 aromatic heterocycles. The summed E-state index contributed by atoms with van der Waals surface area (Å²) in [4.78, 5) is 0. The highest BCUT2D eigenvalue weighted by Gasteiger charge is 2.08. The molecule has 0 bridgehead atoms. The summed E-state index contributed by atoms with van der Waals surface area (Å²) < 4.78 is 1.75. The van der Waals surface area contributed by atoms with Gasteiger partial charge in [-0.1, -0.05) is 0 Å². The lowest BCUT2D eigenvalue weighted by Crippen LogP contribution is -1.85. The van der Waals surface area contributed by atoms with Gasteiger partial charge in [-0.2, -0.15) is 15.8 Å². The molecule has 0 spiro atoms. The lowest BCUT2D eigenvalue weighted by molar-refractivity contribution is 0.927. The van der Waals surface area contributed by atoms with Crippen LogP contribution in [0, 0.1) is 34.0 Å². The summed E-state index contributed by atoms with van der Waals surface area (Å²) in [6.07, 6.45) is 3.44. The maximum absolute atomic E-state index is 8.80. The third-order valence-corrected chi connectivity index (χ3v) is 1.71. The zero-order valence-corrected chi connectivity index (χ0v) is 7.52. The van der Waals surface area contributed by atoms with Crippen LogP contribution in [-0.4, -0.2) is 4.57 Å². The van der Waals surface area contributed by atoms with Gasteiger partial charge in [0.1, 0.15) is 23.8 Å². The summed E-state index contributed by atoms with van der Waals surface area (Å²) in [5.41, 5.74) is 0.558. The number of rotatable bonds is 1. The van der Waals surface area contributed by atoms with Gasteiger partial charge in [-0.15, -0.1) is 0 Å². The molecule has 1 aromatic rings. The Labute approximate surface area is 81.5 Å². The molecule has 0 saturated carbocycles. The van der Waals surface area contributed by atoms with Crippen molar-refractivity contribution in [3.05, 3.63) is 29.6 Å². The van der Waals surface area contributed by atoms with Crippen LogP contribution in [0.4, 0.5) is 0 Å². The Morgan fingerprint density at radius 1 is 1.21 bits per heavy atom. The van der Waals surface area contributed by atoms with E-state index in [9.17, 15) is 0 Å². The van der Waals surface area contributed by atoms with Gasteiger partial charge in [-0.05, 0) is 6.07 Å². The Balaban J connectivity index is 3.35. The fourth-order valence-corrected chi connectivity index (χ4v) is 1.05. The second kappa shape index (κ2) is 3.94. The number of hydrogen-bond donors (Lipinski definition) is 0. The van der Waals surface area contributed by atoms with E-state index in [2.05, 4.69) is 0 Å². The number of allylic oxidation sites excluding steroid dienone is 2. The van der Waals surface area contributed by atoms with Crippen molar-refractivity contribution in [2.75, 3.05) is 0 Å². The van der Waals surface area contributed by atoms with E-state index in [1.165, 1.54) is 0 Å². The molecule has 66 valence electrons. The largest absolute Gasteiger partial charge is 0.357 e. The van der Waals surface area contributed by atoms with E-state index >= 15 is 0 Å². The van der Waals surface area contributed by atoms with E-state index in [4.69, 9.17) is 15.8 Å². The Kier molecular flexibility index (Phi) is 2.69. The molecule has 4 heteroatoms. The van der Waals surface area contributed by atoms with Gasteiger partial charge in [0.15, 0.2) is 0 Å². The summed E-state index contributed by atoms with van der Waals surface area (Å²) in [6, 6.07) is 6.94. The normalized spacial score (nSPS) is 8.14. The van der Waals surface area contributed by atoms with Gasteiger partial charge < -0.3 is 4.57 Å². The van der Waals surface area contributed by atoms with Crippen molar-refractivity contribution in [3.63, 3.8) is 0 Å². The van der Waals surface area contributed by atoms with Crippen LogP contribution in [0.3, 0.4) is 0 Å². The molecule has 0 fully saturated rings. The van der Waals surface area contributed by atoms with Crippen molar-refractivity contribution >= 4 is 5.57 Å². The quantitative estimate of drug-likeness (QED) is 0.615. The highest BCUT2D eigenvalue weighted by molar-refractivity contribution is 5.84. The maximum Gasteiger partial charge on any atom is 0.148 e. The van der Waals surface area contributed by atoms with E-state index in [1.807, 2.05) is 6.07 Å². The molecule has 0 aromatic carbocycles. The smallest absolute Gasteiger partial charge is 0.148 e. The third kappa shape index (κ3) is 1.63. The van der Waals surface area contributed by atoms with Crippen molar-refractivity contribution in [3.8, 4) is 18.2 Å². The van der Waals surface area contributed by atoms with Crippen LogP contribution in [0.1, 0.15) is 5.56 Å². The number of aromatic nitrogens is 1.